The Hall–Kier alpha value is -3.66. The van der Waals surface area contributed by atoms with Crippen LogP contribution in [0.2, 0.25) is 0 Å². The topological polar surface area (TPSA) is 53.2 Å². The number of Topliss-reactive ketones (excluding diaryl/α,β-unsaturated/α-hetero) is 1. The number of ketones is 1. The Morgan fingerprint density at radius 3 is 1.84 bits per heavy atom. The molecule has 1 amide bonds. The number of nitrogens with zero attached hydrogens (tertiary/aromatic N) is 1. The normalized spacial score (nSPS) is 10.9. The number of rotatable bonds is 8. The molecule has 1 N–H and O–H groups in total. The van der Waals surface area contributed by atoms with Gasteiger partial charge in [-0.05, 0) is 37.0 Å². The standard InChI is InChI=1S/C27H26N2O2/c1-20-25(23-14-8-9-15-24(23)28-20)26(30)27(31)29(18-16-21-10-4-2-5-11-21)19-17-22-12-6-3-7-13-22/h2-15,28H,16-19H2,1H3. The first-order chi connectivity index (χ1) is 15.1. The van der Waals surface area contributed by atoms with Crippen molar-refractivity contribution in [1.82, 2.24) is 9.88 Å². The molecule has 3 aromatic carbocycles. The molecule has 4 aromatic rings. The van der Waals surface area contributed by atoms with Gasteiger partial charge >= 0.3 is 0 Å². The van der Waals surface area contributed by atoms with Crippen molar-refractivity contribution in [3.8, 4) is 0 Å². The van der Waals surface area contributed by atoms with Crippen molar-refractivity contribution in [2.75, 3.05) is 13.1 Å². The van der Waals surface area contributed by atoms with E-state index in [2.05, 4.69) is 4.98 Å². The molecular formula is C27H26N2O2. The Kier molecular flexibility index (Phi) is 6.27. The Morgan fingerprint density at radius 2 is 1.26 bits per heavy atom. The third-order valence-electron chi connectivity index (χ3n) is 5.63. The van der Waals surface area contributed by atoms with Crippen molar-refractivity contribution in [3.63, 3.8) is 0 Å². The van der Waals surface area contributed by atoms with Crippen LogP contribution in [0.1, 0.15) is 27.2 Å². The fourth-order valence-electron chi connectivity index (χ4n) is 3.95. The Labute approximate surface area is 182 Å². The summed E-state index contributed by atoms with van der Waals surface area (Å²) < 4.78 is 0. The van der Waals surface area contributed by atoms with Crippen molar-refractivity contribution in [1.29, 1.82) is 0 Å². The molecule has 0 saturated carbocycles. The third kappa shape index (κ3) is 4.75. The highest BCUT2D eigenvalue weighted by molar-refractivity contribution is 6.45. The third-order valence-corrected chi connectivity index (χ3v) is 5.63. The molecule has 0 fully saturated rings. The van der Waals surface area contributed by atoms with E-state index in [9.17, 15) is 9.59 Å². The number of benzene rings is 3. The van der Waals surface area contributed by atoms with Crippen LogP contribution in [0.4, 0.5) is 0 Å². The van der Waals surface area contributed by atoms with E-state index in [0.717, 1.165) is 27.7 Å². The lowest BCUT2D eigenvalue weighted by atomic mass is 10.0. The second-order valence-corrected chi connectivity index (χ2v) is 7.76. The molecule has 0 bridgehead atoms. The molecular weight excluding hydrogens is 384 g/mol. The summed E-state index contributed by atoms with van der Waals surface area (Å²) in [6.07, 6.45) is 1.42. The van der Waals surface area contributed by atoms with E-state index in [-0.39, 0.29) is 0 Å². The van der Waals surface area contributed by atoms with Crippen LogP contribution in [-0.4, -0.2) is 34.7 Å². The molecule has 0 unspecified atom stereocenters. The van der Waals surface area contributed by atoms with E-state index < -0.39 is 11.7 Å². The van der Waals surface area contributed by atoms with E-state index >= 15 is 0 Å². The monoisotopic (exact) mass is 410 g/mol. The minimum Gasteiger partial charge on any atom is -0.358 e. The number of hydrogen-bond acceptors (Lipinski definition) is 2. The van der Waals surface area contributed by atoms with Gasteiger partial charge in [0.2, 0.25) is 0 Å². The molecule has 31 heavy (non-hydrogen) atoms. The molecule has 0 aliphatic rings. The largest absolute Gasteiger partial charge is 0.358 e. The number of H-pyrrole nitrogens is 1. The first kappa shape index (κ1) is 20.6. The highest BCUT2D eigenvalue weighted by Gasteiger charge is 2.27. The fraction of sp³-hybridized carbons (Fsp3) is 0.185. The number of aromatic amines is 1. The number of fused-ring (bicyclic) bond motifs is 1. The maximum absolute atomic E-state index is 13.3. The lowest BCUT2D eigenvalue weighted by Gasteiger charge is -2.22. The number of para-hydroxylation sites is 1. The molecule has 0 radical (unpaired) electrons. The van der Waals surface area contributed by atoms with E-state index in [4.69, 9.17) is 0 Å². The zero-order valence-corrected chi connectivity index (χ0v) is 17.7. The van der Waals surface area contributed by atoms with Gasteiger partial charge in [0.15, 0.2) is 0 Å². The van der Waals surface area contributed by atoms with Crippen LogP contribution in [0.5, 0.6) is 0 Å². The Morgan fingerprint density at radius 1 is 0.742 bits per heavy atom. The summed E-state index contributed by atoms with van der Waals surface area (Å²) in [5.74, 6) is -0.893. The Balaban J connectivity index is 1.57. The van der Waals surface area contributed by atoms with Crippen LogP contribution in [0.15, 0.2) is 84.9 Å². The van der Waals surface area contributed by atoms with Crippen LogP contribution in [0, 0.1) is 6.92 Å². The second kappa shape index (κ2) is 9.43. The average molecular weight is 411 g/mol. The van der Waals surface area contributed by atoms with Gasteiger partial charge in [-0.3, -0.25) is 9.59 Å². The molecule has 4 rings (SSSR count). The molecule has 0 saturated heterocycles. The summed E-state index contributed by atoms with van der Waals surface area (Å²) in [7, 11) is 0. The van der Waals surface area contributed by atoms with Crippen LogP contribution < -0.4 is 0 Å². The zero-order chi connectivity index (χ0) is 21.6. The minimum atomic E-state index is -0.448. The first-order valence-corrected chi connectivity index (χ1v) is 10.6. The molecule has 1 aromatic heterocycles. The van der Waals surface area contributed by atoms with Crippen LogP contribution in [0.3, 0.4) is 0 Å². The number of nitrogens with one attached hydrogen (secondary N) is 1. The minimum absolute atomic E-state index is 0.445. The first-order valence-electron chi connectivity index (χ1n) is 10.6. The summed E-state index contributed by atoms with van der Waals surface area (Å²) in [6, 6.07) is 27.7. The van der Waals surface area contributed by atoms with Crippen molar-refractivity contribution in [2.45, 2.75) is 19.8 Å². The number of aryl methyl sites for hydroxylation is 1. The number of hydrogen-bond donors (Lipinski definition) is 1. The quantitative estimate of drug-likeness (QED) is 0.329. The highest BCUT2D eigenvalue weighted by Crippen LogP contribution is 2.23. The molecule has 0 aliphatic carbocycles. The number of carbonyl (C=O) groups excluding carboxylic acids is 2. The maximum atomic E-state index is 13.3. The van der Waals surface area contributed by atoms with Gasteiger partial charge in [0, 0.05) is 29.7 Å². The summed E-state index contributed by atoms with van der Waals surface area (Å²) in [6.45, 7) is 2.85. The van der Waals surface area contributed by atoms with Crippen molar-refractivity contribution in [2.24, 2.45) is 0 Å². The van der Waals surface area contributed by atoms with Gasteiger partial charge in [-0.25, -0.2) is 0 Å². The summed E-state index contributed by atoms with van der Waals surface area (Å²) >= 11 is 0. The zero-order valence-electron chi connectivity index (χ0n) is 17.7. The fourth-order valence-corrected chi connectivity index (χ4v) is 3.95. The predicted octanol–water partition coefficient (Wildman–Crippen LogP) is 4.97. The molecule has 0 aliphatic heterocycles. The predicted molar refractivity (Wildman–Crippen MR) is 124 cm³/mol. The van der Waals surface area contributed by atoms with E-state index in [1.165, 1.54) is 0 Å². The second-order valence-electron chi connectivity index (χ2n) is 7.76. The molecule has 4 nitrogen and oxygen atoms in total. The smallest absolute Gasteiger partial charge is 0.295 e. The summed E-state index contributed by atoms with van der Waals surface area (Å²) in [4.78, 5) is 31.6. The molecule has 1 heterocycles. The van der Waals surface area contributed by atoms with Gasteiger partial charge in [-0.2, -0.15) is 0 Å². The molecule has 0 atom stereocenters. The summed E-state index contributed by atoms with van der Waals surface area (Å²) in [5.41, 5.74) is 4.37. The molecule has 156 valence electrons. The molecule has 4 heteroatoms. The number of aromatic nitrogens is 1. The van der Waals surface area contributed by atoms with Crippen LogP contribution in [-0.2, 0) is 17.6 Å². The van der Waals surface area contributed by atoms with Crippen molar-refractivity contribution < 1.29 is 9.59 Å². The van der Waals surface area contributed by atoms with Gasteiger partial charge in [0.05, 0.1) is 5.56 Å². The average Bonchev–Trinajstić information content (AvgIpc) is 3.15. The van der Waals surface area contributed by atoms with E-state index in [1.807, 2.05) is 91.9 Å². The van der Waals surface area contributed by atoms with Gasteiger partial charge in [-0.1, -0.05) is 78.9 Å². The lowest BCUT2D eigenvalue weighted by molar-refractivity contribution is -0.126. The number of carbonyl (C=O) groups is 2. The van der Waals surface area contributed by atoms with Gasteiger partial charge in [0.25, 0.3) is 11.7 Å². The molecule has 0 spiro atoms. The van der Waals surface area contributed by atoms with Gasteiger partial charge < -0.3 is 9.88 Å². The van der Waals surface area contributed by atoms with Gasteiger partial charge in [-0.15, -0.1) is 0 Å². The van der Waals surface area contributed by atoms with Gasteiger partial charge in [0.1, 0.15) is 0 Å². The SMILES string of the molecule is Cc1[nH]c2ccccc2c1C(=O)C(=O)N(CCc1ccccc1)CCc1ccccc1. The lowest BCUT2D eigenvalue weighted by Crippen LogP contribution is -2.39. The van der Waals surface area contributed by atoms with Crippen LogP contribution in [0.25, 0.3) is 10.9 Å². The maximum Gasteiger partial charge on any atom is 0.295 e. The van der Waals surface area contributed by atoms with Crippen molar-refractivity contribution >= 4 is 22.6 Å². The highest BCUT2D eigenvalue weighted by atomic mass is 16.2. The summed E-state index contributed by atoms with van der Waals surface area (Å²) in [5, 5.41) is 0.796. The van der Waals surface area contributed by atoms with Crippen LogP contribution >= 0.6 is 0 Å². The number of amides is 1. The van der Waals surface area contributed by atoms with E-state index in [1.54, 1.807) is 4.90 Å². The van der Waals surface area contributed by atoms with E-state index in [0.29, 0.717) is 31.5 Å². The Bertz CT molecular complexity index is 1140. The van der Waals surface area contributed by atoms with Crippen molar-refractivity contribution in [3.05, 3.63) is 107 Å².